The van der Waals surface area contributed by atoms with Gasteiger partial charge in [-0.05, 0) is 13.8 Å². The van der Waals surface area contributed by atoms with Crippen LogP contribution in [0.5, 0.6) is 5.88 Å². The number of nitrogens with zero attached hydrogens (tertiary/aromatic N) is 2. The second-order valence-corrected chi connectivity index (χ2v) is 2.50. The highest BCUT2D eigenvalue weighted by molar-refractivity contribution is 5.09. The van der Waals surface area contributed by atoms with E-state index in [9.17, 15) is 0 Å². The molecule has 0 amide bonds. The molecule has 0 bridgehead atoms. The first kappa shape index (κ1) is 8.93. The molecule has 1 heterocycles. The lowest BCUT2D eigenvalue weighted by Crippen LogP contribution is -2.08. The summed E-state index contributed by atoms with van der Waals surface area (Å²) in [5.74, 6) is 0.543. The van der Waals surface area contributed by atoms with Crippen molar-refractivity contribution in [2.75, 3.05) is 6.61 Å². The van der Waals surface area contributed by atoms with Crippen LogP contribution in [0.3, 0.4) is 0 Å². The molecule has 0 aliphatic heterocycles. The molecule has 1 aromatic heterocycles. The molecule has 2 N–H and O–H groups in total. The monoisotopic (exact) mass is 167 g/mol. The number of nitrogens with two attached hydrogens (primary N) is 1. The lowest BCUT2D eigenvalue weighted by atomic mass is 10.3. The largest absolute Gasteiger partial charge is 0.477 e. The quantitative estimate of drug-likeness (QED) is 0.726. The van der Waals surface area contributed by atoms with Gasteiger partial charge in [0.1, 0.15) is 0 Å². The van der Waals surface area contributed by atoms with Crippen LogP contribution >= 0.6 is 0 Å². The average molecular weight is 167 g/mol. The molecule has 0 spiro atoms. The van der Waals surface area contributed by atoms with Gasteiger partial charge in [0.15, 0.2) is 0 Å². The van der Waals surface area contributed by atoms with Gasteiger partial charge in [-0.1, -0.05) is 0 Å². The SMILES string of the molecule is CCOc1cnc([C@@H](C)N)cn1. The average Bonchev–Trinajstić information content (AvgIpc) is 2.06. The highest BCUT2D eigenvalue weighted by Gasteiger charge is 2.01. The van der Waals surface area contributed by atoms with Crippen molar-refractivity contribution >= 4 is 0 Å². The predicted molar refractivity (Wildman–Crippen MR) is 45.8 cm³/mol. The van der Waals surface area contributed by atoms with Crippen molar-refractivity contribution in [3.05, 3.63) is 18.1 Å². The van der Waals surface area contributed by atoms with Crippen molar-refractivity contribution in [2.45, 2.75) is 19.9 Å². The maximum atomic E-state index is 5.59. The lowest BCUT2D eigenvalue weighted by molar-refractivity contribution is 0.324. The molecule has 4 nitrogen and oxygen atoms in total. The minimum absolute atomic E-state index is 0.0758. The fraction of sp³-hybridized carbons (Fsp3) is 0.500. The Morgan fingerprint density at radius 3 is 2.67 bits per heavy atom. The van der Waals surface area contributed by atoms with Crippen LogP contribution < -0.4 is 10.5 Å². The number of ether oxygens (including phenoxy) is 1. The first-order valence-corrected chi connectivity index (χ1v) is 3.94. The summed E-state index contributed by atoms with van der Waals surface area (Å²) >= 11 is 0. The Balaban J connectivity index is 2.71. The smallest absolute Gasteiger partial charge is 0.232 e. The molecule has 1 atom stereocenters. The third-order valence-electron chi connectivity index (χ3n) is 1.41. The van der Waals surface area contributed by atoms with E-state index in [1.807, 2.05) is 13.8 Å². The molecule has 1 rings (SSSR count). The van der Waals surface area contributed by atoms with E-state index in [2.05, 4.69) is 9.97 Å². The summed E-state index contributed by atoms with van der Waals surface area (Å²) in [6, 6.07) is -0.0758. The molecule has 12 heavy (non-hydrogen) atoms. The van der Waals surface area contributed by atoms with E-state index in [1.54, 1.807) is 12.4 Å². The van der Waals surface area contributed by atoms with Gasteiger partial charge in [0, 0.05) is 6.04 Å². The third kappa shape index (κ3) is 2.17. The van der Waals surface area contributed by atoms with Gasteiger partial charge >= 0.3 is 0 Å². The zero-order chi connectivity index (χ0) is 8.97. The predicted octanol–water partition coefficient (Wildman–Crippen LogP) is 0.895. The van der Waals surface area contributed by atoms with Crippen molar-refractivity contribution in [1.82, 2.24) is 9.97 Å². The van der Waals surface area contributed by atoms with Gasteiger partial charge in [-0.2, -0.15) is 0 Å². The van der Waals surface area contributed by atoms with E-state index in [1.165, 1.54) is 0 Å². The highest BCUT2D eigenvalue weighted by atomic mass is 16.5. The van der Waals surface area contributed by atoms with Gasteiger partial charge in [-0.15, -0.1) is 0 Å². The fourth-order valence-corrected chi connectivity index (χ4v) is 0.784. The Morgan fingerprint density at radius 2 is 2.25 bits per heavy atom. The van der Waals surface area contributed by atoms with E-state index in [0.29, 0.717) is 12.5 Å². The lowest BCUT2D eigenvalue weighted by Gasteiger charge is -2.04. The summed E-state index contributed by atoms with van der Waals surface area (Å²) in [6.07, 6.45) is 3.22. The molecule has 0 saturated carbocycles. The molecule has 0 aliphatic carbocycles. The summed E-state index contributed by atoms with van der Waals surface area (Å²) in [5.41, 5.74) is 6.37. The van der Waals surface area contributed by atoms with Gasteiger partial charge < -0.3 is 10.5 Å². The molecule has 0 unspecified atom stereocenters. The van der Waals surface area contributed by atoms with Crippen molar-refractivity contribution in [3.8, 4) is 5.88 Å². The van der Waals surface area contributed by atoms with Crippen LogP contribution in [0.25, 0.3) is 0 Å². The van der Waals surface area contributed by atoms with E-state index in [0.717, 1.165) is 5.69 Å². The second kappa shape index (κ2) is 4.01. The van der Waals surface area contributed by atoms with Crippen LogP contribution in [0.15, 0.2) is 12.4 Å². The van der Waals surface area contributed by atoms with Crippen LogP contribution in [0.2, 0.25) is 0 Å². The van der Waals surface area contributed by atoms with Gasteiger partial charge in [-0.3, -0.25) is 4.98 Å². The summed E-state index contributed by atoms with van der Waals surface area (Å²) < 4.78 is 5.13. The standard InChI is InChI=1S/C8H13N3O/c1-3-12-8-5-10-7(4-11-8)6(2)9/h4-6H,3,9H2,1-2H3/t6-/m1/s1. The minimum Gasteiger partial charge on any atom is -0.477 e. The second-order valence-electron chi connectivity index (χ2n) is 2.50. The van der Waals surface area contributed by atoms with Crippen LogP contribution in [0, 0.1) is 0 Å². The Morgan fingerprint density at radius 1 is 1.50 bits per heavy atom. The van der Waals surface area contributed by atoms with Crippen LogP contribution in [0.4, 0.5) is 0 Å². The molecule has 4 heteroatoms. The Labute approximate surface area is 71.8 Å². The van der Waals surface area contributed by atoms with Crippen LogP contribution in [-0.4, -0.2) is 16.6 Å². The van der Waals surface area contributed by atoms with Crippen molar-refractivity contribution in [1.29, 1.82) is 0 Å². The Kier molecular flexibility index (Phi) is 2.99. The maximum Gasteiger partial charge on any atom is 0.232 e. The molecular weight excluding hydrogens is 154 g/mol. The van der Waals surface area contributed by atoms with Crippen molar-refractivity contribution in [3.63, 3.8) is 0 Å². The van der Waals surface area contributed by atoms with E-state index in [4.69, 9.17) is 10.5 Å². The zero-order valence-corrected chi connectivity index (χ0v) is 7.32. The normalized spacial score (nSPS) is 12.6. The Bertz CT molecular complexity index is 233. The molecule has 0 saturated heterocycles. The van der Waals surface area contributed by atoms with E-state index >= 15 is 0 Å². The van der Waals surface area contributed by atoms with Gasteiger partial charge in [0.2, 0.25) is 5.88 Å². The first-order valence-electron chi connectivity index (χ1n) is 3.94. The number of rotatable bonds is 3. The number of hydrogen-bond acceptors (Lipinski definition) is 4. The van der Waals surface area contributed by atoms with E-state index < -0.39 is 0 Å². The molecule has 0 radical (unpaired) electrons. The van der Waals surface area contributed by atoms with Crippen LogP contribution in [0.1, 0.15) is 25.6 Å². The van der Waals surface area contributed by atoms with Gasteiger partial charge in [-0.25, -0.2) is 4.98 Å². The molecule has 66 valence electrons. The molecule has 1 aromatic rings. The summed E-state index contributed by atoms with van der Waals surface area (Å²) in [6.45, 7) is 4.37. The van der Waals surface area contributed by atoms with Gasteiger partial charge in [0.25, 0.3) is 0 Å². The summed E-state index contributed by atoms with van der Waals surface area (Å²) in [7, 11) is 0. The molecular formula is C8H13N3O. The highest BCUT2D eigenvalue weighted by Crippen LogP contribution is 2.07. The van der Waals surface area contributed by atoms with Crippen LogP contribution in [-0.2, 0) is 0 Å². The first-order chi connectivity index (χ1) is 5.74. The minimum atomic E-state index is -0.0758. The number of aromatic nitrogens is 2. The maximum absolute atomic E-state index is 5.59. The molecule has 0 aliphatic rings. The Hall–Kier alpha value is -1.16. The summed E-state index contributed by atoms with van der Waals surface area (Å²) in [5, 5.41) is 0. The zero-order valence-electron chi connectivity index (χ0n) is 7.32. The topological polar surface area (TPSA) is 61.0 Å². The fourth-order valence-electron chi connectivity index (χ4n) is 0.784. The molecule has 0 aromatic carbocycles. The van der Waals surface area contributed by atoms with Gasteiger partial charge in [0.05, 0.1) is 24.7 Å². The molecule has 0 fully saturated rings. The number of hydrogen-bond donors (Lipinski definition) is 1. The summed E-state index contributed by atoms with van der Waals surface area (Å²) in [4.78, 5) is 8.11. The van der Waals surface area contributed by atoms with E-state index in [-0.39, 0.29) is 6.04 Å². The third-order valence-corrected chi connectivity index (χ3v) is 1.41. The van der Waals surface area contributed by atoms with Crippen molar-refractivity contribution in [2.24, 2.45) is 5.73 Å². The van der Waals surface area contributed by atoms with Crippen molar-refractivity contribution < 1.29 is 4.74 Å².